The van der Waals surface area contributed by atoms with Gasteiger partial charge in [0.25, 0.3) is 5.91 Å². The van der Waals surface area contributed by atoms with Crippen LogP contribution < -0.4 is 10.1 Å². The molecule has 0 bridgehead atoms. The molecule has 0 unspecified atom stereocenters. The molecule has 0 aliphatic heterocycles. The van der Waals surface area contributed by atoms with Crippen LogP contribution in [0.5, 0.6) is 5.75 Å². The van der Waals surface area contributed by atoms with Gasteiger partial charge in [0, 0.05) is 26.0 Å². The summed E-state index contributed by atoms with van der Waals surface area (Å²) in [5.74, 6) is 0.583. The molecule has 0 radical (unpaired) electrons. The third-order valence-corrected chi connectivity index (χ3v) is 3.49. The Labute approximate surface area is 136 Å². The fraction of sp³-hybridized carbons (Fsp3) is 0.529. The predicted octanol–water partition coefficient (Wildman–Crippen LogP) is 2.45. The van der Waals surface area contributed by atoms with Gasteiger partial charge < -0.3 is 14.8 Å². The Bertz CT molecular complexity index is 652. The maximum atomic E-state index is 12.5. The minimum atomic E-state index is -0.112. The normalized spacial score (nSPS) is 10.9. The summed E-state index contributed by atoms with van der Waals surface area (Å²) in [6.07, 6.45) is 3.33. The molecule has 0 aliphatic carbocycles. The van der Waals surface area contributed by atoms with Crippen molar-refractivity contribution in [3.63, 3.8) is 0 Å². The van der Waals surface area contributed by atoms with Crippen LogP contribution in [0.2, 0.25) is 0 Å². The van der Waals surface area contributed by atoms with Crippen LogP contribution in [0.15, 0.2) is 18.3 Å². The highest BCUT2D eigenvalue weighted by molar-refractivity contribution is 5.95. The molecule has 1 N–H and O–H groups in total. The minimum absolute atomic E-state index is 0.112. The highest BCUT2D eigenvalue weighted by Crippen LogP contribution is 2.22. The lowest BCUT2D eigenvalue weighted by atomic mass is 10.2. The average Bonchev–Trinajstić information content (AvgIpc) is 2.94. The summed E-state index contributed by atoms with van der Waals surface area (Å²) in [5.41, 5.74) is 2.05. The molecule has 0 aliphatic rings. The summed E-state index contributed by atoms with van der Waals surface area (Å²) in [6.45, 7) is 8.38. The number of nitrogens with zero attached hydrogens (tertiary/aromatic N) is 2. The van der Waals surface area contributed by atoms with E-state index in [1.165, 1.54) is 0 Å². The molecular weight excluding hydrogens is 294 g/mol. The summed E-state index contributed by atoms with van der Waals surface area (Å²) in [5, 5.41) is 2.94. The number of hydrogen-bond acceptors (Lipinski definition) is 4. The second-order valence-electron chi connectivity index (χ2n) is 5.07. The van der Waals surface area contributed by atoms with Crippen LogP contribution in [-0.2, 0) is 11.2 Å². The summed E-state index contributed by atoms with van der Waals surface area (Å²) >= 11 is 0. The Hall–Kier alpha value is -2.08. The lowest BCUT2D eigenvalue weighted by Crippen LogP contribution is -2.27. The Morgan fingerprint density at radius 3 is 2.83 bits per heavy atom. The number of carbonyl (C=O) groups is 1. The maximum Gasteiger partial charge on any atom is 0.270 e. The summed E-state index contributed by atoms with van der Waals surface area (Å²) in [6, 6.07) is 3.74. The van der Waals surface area contributed by atoms with E-state index in [0.717, 1.165) is 12.1 Å². The fourth-order valence-corrected chi connectivity index (χ4v) is 2.45. The van der Waals surface area contributed by atoms with E-state index < -0.39 is 0 Å². The number of amides is 1. The van der Waals surface area contributed by atoms with Crippen molar-refractivity contribution in [2.24, 2.45) is 0 Å². The summed E-state index contributed by atoms with van der Waals surface area (Å²) in [4.78, 5) is 17.1. The van der Waals surface area contributed by atoms with Crippen molar-refractivity contribution >= 4 is 11.6 Å². The number of ether oxygens (including phenoxy) is 2. The van der Waals surface area contributed by atoms with Gasteiger partial charge in [0.05, 0.1) is 12.3 Å². The number of hydrogen-bond donors (Lipinski definition) is 1. The molecule has 1 amide bonds. The van der Waals surface area contributed by atoms with Gasteiger partial charge in [-0.15, -0.1) is 0 Å². The molecule has 2 rings (SSSR count). The Morgan fingerprint density at radius 2 is 2.13 bits per heavy atom. The Kier molecular flexibility index (Phi) is 6.40. The van der Waals surface area contributed by atoms with Gasteiger partial charge in [0.15, 0.2) is 11.4 Å². The first kappa shape index (κ1) is 17.3. The third kappa shape index (κ3) is 4.01. The predicted molar refractivity (Wildman–Crippen MR) is 89.2 cm³/mol. The number of aryl methyl sites for hydroxylation is 1. The molecule has 0 saturated heterocycles. The number of pyridine rings is 1. The van der Waals surface area contributed by atoms with Gasteiger partial charge in [-0.25, -0.2) is 4.98 Å². The van der Waals surface area contributed by atoms with Gasteiger partial charge in [-0.2, -0.15) is 0 Å². The fourth-order valence-electron chi connectivity index (χ4n) is 2.45. The summed E-state index contributed by atoms with van der Waals surface area (Å²) in [7, 11) is 0. The van der Waals surface area contributed by atoms with E-state index in [-0.39, 0.29) is 5.91 Å². The largest absolute Gasteiger partial charge is 0.490 e. The molecular formula is C17H25N3O3. The molecule has 23 heavy (non-hydrogen) atoms. The first-order valence-electron chi connectivity index (χ1n) is 8.21. The van der Waals surface area contributed by atoms with Crippen molar-refractivity contribution < 1.29 is 14.3 Å². The quantitative estimate of drug-likeness (QED) is 0.721. The first-order valence-corrected chi connectivity index (χ1v) is 8.21. The van der Waals surface area contributed by atoms with Crippen LogP contribution in [0.25, 0.3) is 5.65 Å². The van der Waals surface area contributed by atoms with E-state index in [1.807, 2.05) is 43.5 Å². The van der Waals surface area contributed by atoms with E-state index in [0.29, 0.717) is 49.9 Å². The molecule has 6 heteroatoms. The molecule has 0 aromatic carbocycles. The zero-order chi connectivity index (χ0) is 16.7. The van der Waals surface area contributed by atoms with Crippen LogP contribution in [0.3, 0.4) is 0 Å². The number of carbonyl (C=O) groups excluding carboxylic acids is 1. The van der Waals surface area contributed by atoms with Gasteiger partial charge in [-0.1, -0.05) is 6.92 Å². The number of imidazole rings is 1. The monoisotopic (exact) mass is 319 g/mol. The molecule has 0 fully saturated rings. The summed E-state index contributed by atoms with van der Waals surface area (Å²) < 4.78 is 12.7. The van der Waals surface area contributed by atoms with Gasteiger partial charge >= 0.3 is 0 Å². The third-order valence-electron chi connectivity index (χ3n) is 3.49. The van der Waals surface area contributed by atoms with Crippen molar-refractivity contribution in [2.75, 3.05) is 26.4 Å². The van der Waals surface area contributed by atoms with Crippen molar-refractivity contribution in [2.45, 2.75) is 33.6 Å². The highest BCUT2D eigenvalue weighted by Gasteiger charge is 2.19. The minimum Gasteiger partial charge on any atom is -0.490 e. The lowest BCUT2D eigenvalue weighted by Gasteiger charge is -2.08. The SMILES string of the molecule is CCOCCCNC(=O)c1c(CC)nc2c(OCC)cccn12. The van der Waals surface area contributed by atoms with E-state index in [1.54, 1.807) is 0 Å². The molecule has 0 saturated carbocycles. The zero-order valence-electron chi connectivity index (χ0n) is 14.1. The number of rotatable bonds is 9. The molecule has 6 nitrogen and oxygen atoms in total. The molecule has 0 spiro atoms. The second-order valence-corrected chi connectivity index (χ2v) is 5.07. The number of fused-ring (bicyclic) bond motifs is 1. The van der Waals surface area contributed by atoms with Crippen LogP contribution in [0.1, 0.15) is 43.4 Å². The smallest absolute Gasteiger partial charge is 0.270 e. The Balaban J connectivity index is 2.21. The Morgan fingerprint density at radius 1 is 1.30 bits per heavy atom. The first-order chi connectivity index (χ1) is 11.2. The molecule has 2 heterocycles. The van der Waals surface area contributed by atoms with Crippen molar-refractivity contribution in [1.29, 1.82) is 0 Å². The molecule has 2 aromatic rings. The standard InChI is InChI=1S/C17H25N3O3/c1-4-13-15(17(21)18-10-8-12-22-5-2)20-11-7-9-14(23-6-3)16(20)19-13/h7,9,11H,4-6,8,10,12H2,1-3H3,(H,18,21). The average molecular weight is 319 g/mol. The number of aromatic nitrogens is 2. The van der Waals surface area contributed by atoms with Crippen molar-refractivity contribution in [3.8, 4) is 5.75 Å². The van der Waals surface area contributed by atoms with E-state index in [9.17, 15) is 4.79 Å². The van der Waals surface area contributed by atoms with Crippen LogP contribution in [-0.4, -0.2) is 41.7 Å². The van der Waals surface area contributed by atoms with Crippen molar-refractivity contribution in [1.82, 2.24) is 14.7 Å². The molecule has 126 valence electrons. The number of nitrogens with one attached hydrogen (secondary N) is 1. The van der Waals surface area contributed by atoms with Crippen LogP contribution in [0.4, 0.5) is 0 Å². The van der Waals surface area contributed by atoms with Crippen LogP contribution in [0, 0.1) is 0 Å². The molecule has 0 atom stereocenters. The molecule has 2 aromatic heterocycles. The topological polar surface area (TPSA) is 64.9 Å². The highest BCUT2D eigenvalue weighted by atomic mass is 16.5. The van der Waals surface area contributed by atoms with Gasteiger partial charge in [-0.3, -0.25) is 9.20 Å². The van der Waals surface area contributed by atoms with Crippen LogP contribution >= 0.6 is 0 Å². The van der Waals surface area contributed by atoms with E-state index >= 15 is 0 Å². The maximum absolute atomic E-state index is 12.5. The van der Waals surface area contributed by atoms with Crippen molar-refractivity contribution in [3.05, 3.63) is 29.7 Å². The van der Waals surface area contributed by atoms with E-state index in [4.69, 9.17) is 9.47 Å². The van der Waals surface area contributed by atoms with Gasteiger partial charge in [0.1, 0.15) is 5.69 Å². The zero-order valence-corrected chi connectivity index (χ0v) is 14.1. The van der Waals surface area contributed by atoms with Gasteiger partial charge in [-0.05, 0) is 38.8 Å². The van der Waals surface area contributed by atoms with Gasteiger partial charge in [0.2, 0.25) is 0 Å². The second kappa shape index (κ2) is 8.53. The van der Waals surface area contributed by atoms with E-state index in [2.05, 4.69) is 10.3 Å². The lowest BCUT2D eigenvalue weighted by molar-refractivity contribution is 0.0937.